The maximum atomic E-state index is 6.17. The summed E-state index contributed by atoms with van der Waals surface area (Å²) in [7, 11) is 0. The van der Waals surface area contributed by atoms with Crippen molar-refractivity contribution in [3.8, 4) is 0 Å². The van der Waals surface area contributed by atoms with Crippen LogP contribution >= 0.6 is 23.2 Å². The van der Waals surface area contributed by atoms with Crippen LogP contribution in [-0.2, 0) is 0 Å². The molecule has 0 bridgehead atoms. The Labute approximate surface area is 126 Å². The number of fused-ring (bicyclic) bond motifs is 1. The molecule has 0 saturated heterocycles. The fourth-order valence-corrected chi connectivity index (χ4v) is 2.49. The molecule has 2 aromatic carbocycles. The summed E-state index contributed by atoms with van der Waals surface area (Å²) in [4.78, 5) is 4.37. The zero-order valence-corrected chi connectivity index (χ0v) is 11.9. The number of hydrogen-bond donors (Lipinski definition) is 2. The van der Waals surface area contributed by atoms with Crippen molar-refractivity contribution in [3.63, 3.8) is 0 Å². The van der Waals surface area contributed by atoms with Gasteiger partial charge in [-0.2, -0.15) is 0 Å². The summed E-state index contributed by atoms with van der Waals surface area (Å²) >= 11 is 12.1. The standard InChI is InChI=1S/C15H11Cl2N3/c16-9-3-5-13(11(17)8-9)20-14-6-4-12(18)10-2-1-7-19-15(10)14/h1-8,20H,18H2. The van der Waals surface area contributed by atoms with Gasteiger partial charge in [0.1, 0.15) is 0 Å². The molecule has 0 radical (unpaired) electrons. The first-order chi connectivity index (χ1) is 9.65. The zero-order valence-electron chi connectivity index (χ0n) is 10.4. The van der Waals surface area contributed by atoms with Crippen molar-refractivity contribution in [1.29, 1.82) is 0 Å². The fourth-order valence-electron chi connectivity index (χ4n) is 2.03. The summed E-state index contributed by atoms with van der Waals surface area (Å²) in [5, 5.41) is 5.32. The van der Waals surface area contributed by atoms with E-state index in [-0.39, 0.29) is 0 Å². The smallest absolute Gasteiger partial charge is 0.0957 e. The summed E-state index contributed by atoms with van der Waals surface area (Å²) in [6, 6.07) is 12.8. The molecule has 3 nitrogen and oxygen atoms in total. The second-order valence-electron chi connectivity index (χ2n) is 4.35. The number of benzene rings is 2. The Balaban J connectivity index is 2.09. The molecule has 1 aromatic heterocycles. The quantitative estimate of drug-likeness (QED) is 0.664. The summed E-state index contributed by atoms with van der Waals surface area (Å²) in [6.07, 6.45) is 1.73. The van der Waals surface area contributed by atoms with Crippen molar-refractivity contribution in [3.05, 3.63) is 58.7 Å². The van der Waals surface area contributed by atoms with E-state index in [1.165, 1.54) is 0 Å². The monoisotopic (exact) mass is 303 g/mol. The maximum Gasteiger partial charge on any atom is 0.0957 e. The number of anilines is 3. The third kappa shape index (κ3) is 2.38. The van der Waals surface area contributed by atoms with E-state index in [4.69, 9.17) is 28.9 Å². The molecule has 0 aliphatic heterocycles. The Kier molecular flexibility index (Phi) is 3.38. The van der Waals surface area contributed by atoms with Crippen LogP contribution in [0.2, 0.25) is 10.0 Å². The number of hydrogen-bond acceptors (Lipinski definition) is 3. The minimum absolute atomic E-state index is 0.554. The number of nitrogens with two attached hydrogens (primary N) is 1. The third-order valence-electron chi connectivity index (χ3n) is 3.00. The van der Waals surface area contributed by atoms with Gasteiger partial charge >= 0.3 is 0 Å². The van der Waals surface area contributed by atoms with E-state index in [9.17, 15) is 0 Å². The van der Waals surface area contributed by atoms with Crippen LogP contribution in [0.3, 0.4) is 0 Å². The lowest BCUT2D eigenvalue weighted by Crippen LogP contribution is -1.96. The average Bonchev–Trinajstić information content (AvgIpc) is 2.45. The highest BCUT2D eigenvalue weighted by atomic mass is 35.5. The lowest BCUT2D eigenvalue weighted by molar-refractivity contribution is 1.40. The van der Waals surface area contributed by atoms with Crippen LogP contribution in [-0.4, -0.2) is 4.98 Å². The number of halogens is 2. The molecule has 0 aliphatic carbocycles. The van der Waals surface area contributed by atoms with E-state index >= 15 is 0 Å². The van der Waals surface area contributed by atoms with Gasteiger partial charge < -0.3 is 11.1 Å². The topological polar surface area (TPSA) is 50.9 Å². The highest BCUT2D eigenvalue weighted by Gasteiger charge is 2.07. The van der Waals surface area contributed by atoms with Gasteiger partial charge in [-0.3, -0.25) is 4.98 Å². The summed E-state index contributed by atoms with van der Waals surface area (Å²) in [5.74, 6) is 0. The summed E-state index contributed by atoms with van der Waals surface area (Å²) in [5.41, 5.74) is 9.07. The molecule has 0 aliphatic rings. The zero-order chi connectivity index (χ0) is 14.1. The first kappa shape index (κ1) is 13.0. The van der Waals surface area contributed by atoms with Crippen LogP contribution in [0.25, 0.3) is 10.9 Å². The molecule has 0 saturated carbocycles. The number of nitrogens with zero attached hydrogens (tertiary/aromatic N) is 1. The normalized spacial score (nSPS) is 10.7. The number of pyridine rings is 1. The number of nitrogen functional groups attached to an aromatic ring is 1. The largest absolute Gasteiger partial charge is 0.398 e. The Bertz CT molecular complexity index is 787. The van der Waals surface area contributed by atoms with E-state index in [2.05, 4.69) is 10.3 Å². The molecular formula is C15H11Cl2N3. The molecule has 100 valence electrons. The summed E-state index contributed by atoms with van der Waals surface area (Å²) in [6.45, 7) is 0. The molecule has 0 fully saturated rings. The third-order valence-corrected chi connectivity index (χ3v) is 3.55. The number of rotatable bonds is 2. The Morgan fingerprint density at radius 2 is 1.80 bits per heavy atom. The van der Waals surface area contributed by atoms with Crippen molar-refractivity contribution in [2.45, 2.75) is 0 Å². The van der Waals surface area contributed by atoms with Crippen molar-refractivity contribution < 1.29 is 0 Å². The first-order valence-electron chi connectivity index (χ1n) is 6.00. The maximum absolute atomic E-state index is 6.17. The van der Waals surface area contributed by atoms with Gasteiger partial charge in [0, 0.05) is 22.3 Å². The molecular weight excluding hydrogens is 293 g/mol. The molecule has 3 aromatic rings. The van der Waals surface area contributed by atoms with Gasteiger partial charge in [0.25, 0.3) is 0 Å². The molecule has 3 rings (SSSR count). The van der Waals surface area contributed by atoms with E-state index in [0.29, 0.717) is 15.7 Å². The lowest BCUT2D eigenvalue weighted by atomic mass is 10.1. The fraction of sp³-hybridized carbons (Fsp3) is 0. The second-order valence-corrected chi connectivity index (χ2v) is 5.19. The lowest BCUT2D eigenvalue weighted by Gasteiger charge is -2.12. The van der Waals surface area contributed by atoms with E-state index < -0.39 is 0 Å². The van der Waals surface area contributed by atoms with Gasteiger partial charge in [-0.25, -0.2) is 0 Å². The second kappa shape index (κ2) is 5.19. The van der Waals surface area contributed by atoms with Gasteiger partial charge in [0.05, 0.1) is 21.9 Å². The van der Waals surface area contributed by atoms with Gasteiger partial charge in [-0.05, 0) is 42.5 Å². The van der Waals surface area contributed by atoms with Gasteiger partial charge in [-0.15, -0.1) is 0 Å². The van der Waals surface area contributed by atoms with Crippen LogP contribution in [0.15, 0.2) is 48.7 Å². The minimum Gasteiger partial charge on any atom is -0.398 e. The van der Waals surface area contributed by atoms with Crippen molar-refractivity contribution >= 4 is 51.2 Å². The van der Waals surface area contributed by atoms with Crippen LogP contribution in [0.4, 0.5) is 17.1 Å². The number of aromatic nitrogens is 1. The highest BCUT2D eigenvalue weighted by Crippen LogP contribution is 2.32. The molecule has 20 heavy (non-hydrogen) atoms. The average molecular weight is 304 g/mol. The SMILES string of the molecule is Nc1ccc(Nc2ccc(Cl)cc2Cl)c2ncccc12. The van der Waals surface area contributed by atoms with E-state index in [0.717, 1.165) is 22.3 Å². The molecule has 0 atom stereocenters. The van der Waals surface area contributed by atoms with Gasteiger partial charge in [0.15, 0.2) is 0 Å². The van der Waals surface area contributed by atoms with Crippen molar-refractivity contribution in [2.75, 3.05) is 11.1 Å². The molecule has 3 N–H and O–H groups in total. The Morgan fingerprint density at radius 1 is 1.00 bits per heavy atom. The predicted octanol–water partition coefficient (Wildman–Crippen LogP) is 4.87. The van der Waals surface area contributed by atoms with E-state index in [1.54, 1.807) is 18.3 Å². The van der Waals surface area contributed by atoms with Crippen LogP contribution in [0.1, 0.15) is 0 Å². The van der Waals surface area contributed by atoms with Crippen molar-refractivity contribution in [1.82, 2.24) is 4.98 Å². The minimum atomic E-state index is 0.554. The summed E-state index contributed by atoms with van der Waals surface area (Å²) < 4.78 is 0. The molecule has 0 amide bonds. The molecule has 0 unspecified atom stereocenters. The molecule has 1 heterocycles. The first-order valence-corrected chi connectivity index (χ1v) is 6.76. The van der Waals surface area contributed by atoms with Crippen LogP contribution in [0.5, 0.6) is 0 Å². The van der Waals surface area contributed by atoms with Gasteiger partial charge in [0.2, 0.25) is 0 Å². The van der Waals surface area contributed by atoms with Crippen LogP contribution in [0, 0.1) is 0 Å². The van der Waals surface area contributed by atoms with Crippen LogP contribution < -0.4 is 11.1 Å². The highest BCUT2D eigenvalue weighted by molar-refractivity contribution is 6.36. The molecule has 5 heteroatoms. The predicted molar refractivity (Wildman–Crippen MR) is 85.9 cm³/mol. The Hall–Kier alpha value is -1.97. The Morgan fingerprint density at radius 3 is 2.60 bits per heavy atom. The molecule has 0 spiro atoms. The van der Waals surface area contributed by atoms with Crippen molar-refractivity contribution in [2.24, 2.45) is 0 Å². The van der Waals surface area contributed by atoms with Gasteiger partial charge in [-0.1, -0.05) is 23.2 Å². The van der Waals surface area contributed by atoms with E-state index in [1.807, 2.05) is 30.3 Å². The number of nitrogens with one attached hydrogen (secondary N) is 1.